The number of hydrogen-bond donors (Lipinski definition) is 0. The van der Waals surface area contributed by atoms with Crippen LogP contribution in [0.25, 0.3) is 0 Å². The van der Waals surface area contributed by atoms with E-state index in [0.717, 1.165) is 34.2 Å². The molecule has 25 heavy (non-hydrogen) atoms. The molecule has 0 aliphatic rings. The van der Waals surface area contributed by atoms with Gasteiger partial charge in [-0.25, -0.2) is 9.97 Å². The van der Waals surface area contributed by atoms with E-state index in [0.29, 0.717) is 0 Å². The molecule has 0 aromatic carbocycles. The number of aromatic nitrogens is 6. The normalized spacial score (nSPS) is 8.88. The van der Waals surface area contributed by atoms with E-state index >= 15 is 0 Å². The Kier molecular flexibility index (Phi) is 10.4. The Balaban J connectivity index is 0.000000339. The highest BCUT2D eigenvalue weighted by Crippen LogP contribution is 1.91. The van der Waals surface area contributed by atoms with Crippen molar-refractivity contribution in [3.05, 3.63) is 71.1 Å². The van der Waals surface area contributed by atoms with Crippen molar-refractivity contribution >= 4 is 0 Å². The van der Waals surface area contributed by atoms with Gasteiger partial charge in [0.05, 0.1) is 22.8 Å². The number of hydrogen-bond acceptors (Lipinski definition) is 6. The largest absolute Gasteiger partial charge is 0.258 e. The van der Waals surface area contributed by atoms with Crippen molar-refractivity contribution in [2.24, 2.45) is 0 Å². The van der Waals surface area contributed by atoms with E-state index in [1.807, 2.05) is 66.1 Å². The third-order valence-corrected chi connectivity index (χ3v) is 2.75. The molecule has 0 saturated carbocycles. The van der Waals surface area contributed by atoms with Gasteiger partial charge in [0.25, 0.3) is 0 Å². The Morgan fingerprint density at radius 1 is 0.520 bits per heavy atom. The number of nitrogens with zero attached hydrogens (tertiary/aromatic N) is 6. The average molecular weight is 340 g/mol. The van der Waals surface area contributed by atoms with Crippen LogP contribution in [0, 0.1) is 41.5 Å². The molecule has 3 aromatic rings. The van der Waals surface area contributed by atoms with Crippen molar-refractivity contribution in [1.29, 1.82) is 0 Å². The van der Waals surface area contributed by atoms with E-state index in [-0.39, 0.29) is 7.43 Å². The van der Waals surface area contributed by atoms with E-state index in [1.165, 1.54) is 0 Å². The molecule has 0 fully saturated rings. The van der Waals surface area contributed by atoms with Gasteiger partial charge in [-0.15, -0.1) is 0 Å². The lowest BCUT2D eigenvalue weighted by Crippen LogP contribution is -1.86. The topological polar surface area (TPSA) is 77.3 Å². The molecule has 3 rings (SSSR count). The van der Waals surface area contributed by atoms with Gasteiger partial charge in [-0.2, -0.15) is 10.2 Å². The minimum atomic E-state index is 0. The molecule has 0 amide bonds. The zero-order chi connectivity index (χ0) is 17.9. The third kappa shape index (κ3) is 10.6. The summed E-state index contributed by atoms with van der Waals surface area (Å²) in [5.74, 6) is 0.829. The molecular formula is C19H28N6. The van der Waals surface area contributed by atoms with Gasteiger partial charge in [0.2, 0.25) is 0 Å². The molecule has 0 bridgehead atoms. The molecule has 134 valence electrons. The molecule has 3 heterocycles. The molecule has 0 saturated heterocycles. The van der Waals surface area contributed by atoms with Crippen LogP contribution in [0.4, 0.5) is 0 Å². The first-order valence-electron chi connectivity index (χ1n) is 7.64. The molecule has 0 radical (unpaired) electrons. The quantitative estimate of drug-likeness (QED) is 0.617. The van der Waals surface area contributed by atoms with Crippen LogP contribution in [-0.2, 0) is 0 Å². The van der Waals surface area contributed by atoms with Crippen molar-refractivity contribution in [2.75, 3.05) is 0 Å². The van der Waals surface area contributed by atoms with Gasteiger partial charge in [0.15, 0.2) is 0 Å². The average Bonchev–Trinajstić information content (AvgIpc) is 2.57. The Morgan fingerprint density at radius 2 is 0.920 bits per heavy atom. The molecule has 0 N–H and O–H groups in total. The summed E-state index contributed by atoms with van der Waals surface area (Å²) in [5.41, 5.74) is 4.98. The van der Waals surface area contributed by atoms with Crippen molar-refractivity contribution in [2.45, 2.75) is 49.0 Å². The molecule has 0 spiro atoms. The predicted molar refractivity (Wildman–Crippen MR) is 101 cm³/mol. The summed E-state index contributed by atoms with van der Waals surface area (Å²) in [7, 11) is 0. The van der Waals surface area contributed by atoms with E-state index in [2.05, 4.69) is 30.1 Å². The minimum Gasteiger partial charge on any atom is -0.258 e. The molecule has 6 nitrogen and oxygen atoms in total. The summed E-state index contributed by atoms with van der Waals surface area (Å²) in [6.45, 7) is 11.5. The van der Waals surface area contributed by atoms with Gasteiger partial charge in [-0.05, 0) is 59.2 Å². The molecule has 0 aliphatic heterocycles. The van der Waals surface area contributed by atoms with Crippen molar-refractivity contribution in [1.82, 2.24) is 30.1 Å². The van der Waals surface area contributed by atoms with Gasteiger partial charge in [0.1, 0.15) is 5.82 Å². The van der Waals surface area contributed by atoms with Gasteiger partial charge >= 0.3 is 0 Å². The highest BCUT2D eigenvalue weighted by molar-refractivity contribution is 5.02. The lowest BCUT2D eigenvalue weighted by molar-refractivity contribution is 0.941. The van der Waals surface area contributed by atoms with Crippen LogP contribution in [-0.4, -0.2) is 30.1 Å². The summed E-state index contributed by atoms with van der Waals surface area (Å²) in [5, 5.41) is 7.66. The smallest absolute Gasteiger partial charge is 0.125 e. The van der Waals surface area contributed by atoms with Gasteiger partial charge in [-0.3, -0.25) is 9.97 Å². The van der Waals surface area contributed by atoms with E-state index < -0.39 is 0 Å². The molecule has 0 atom stereocenters. The number of aryl methyl sites for hydroxylation is 6. The summed E-state index contributed by atoms with van der Waals surface area (Å²) >= 11 is 0. The maximum absolute atomic E-state index is 4.02. The molecule has 6 heteroatoms. The van der Waals surface area contributed by atoms with Gasteiger partial charge < -0.3 is 0 Å². The van der Waals surface area contributed by atoms with Crippen LogP contribution in [0.3, 0.4) is 0 Å². The maximum atomic E-state index is 4.02. The highest BCUT2D eigenvalue weighted by atomic mass is 15.1. The van der Waals surface area contributed by atoms with Crippen molar-refractivity contribution < 1.29 is 0 Å². The van der Waals surface area contributed by atoms with E-state index in [9.17, 15) is 0 Å². The summed E-state index contributed by atoms with van der Waals surface area (Å²) in [6.07, 6.45) is 7.13. The summed E-state index contributed by atoms with van der Waals surface area (Å²) in [6, 6.07) is 3.89. The fraction of sp³-hybridized carbons (Fsp3) is 0.368. The third-order valence-electron chi connectivity index (χ3n) is 2.75. The lowest BCUT2D eigenvalue weighted by atomic mass is 10.4. The maximum Gasteiger partial charge on any atom is 0.125 e. The molecular weight excluding hydrogens is 312 g/mol. The second-order valence-electron chi connectivity index (χ2n) is 5.42. The first kappa shape index (κ1) is 22.2. The standard InChI is InChI=1S/3C6H8N2.CH4/c1-5-3-8-6(2)4-7-5;1-5-3-7-6(2)8-4-5;1-5-3-4-6(2)8-7-5;/h3*3-4H,1-2H3;1H4. The first-order chi connectivity index (χ1) is 11.4. The van der Waals surface area contributed by atoms with Gasteiger partial charge in [-0.1, -0.05) is 7.43 Å². The molecule has 0 unspecified atom stereocenters. The molecule has 0 aliphatic carbocycles. The SMILES string of the molecule is C.Cc1ccc(C)nn1.Cc1cnc(C)cn1.Cc1cnc(C)nc1. The Labute approximate surface area is 150 Å². The molecule has 3 aromatic heterocycles. The van der Waals surface area contributed by atoms with Crippen LogP contribution < -0.4 is 0 Å². The zero-order valence-electron chi connectivity index (χ0n) is 15.1. The van der Waals surface area contributed by atoms with Crippen LogP contribution in [0.5, 0.6) is 0 Å². The fourth-order valence-electron chi connectivity index (χ4n) is 1.38. The second-order valence-corrected chi connectivity index (χ2v) is 5.42. The van der Waals surface area contributed by atoms with E-state index in [4.69, 9.17) is 0 Å². The highest BCUT2D eigenvalue weighted by Gasteiger charge is 1.84. The van der Waals surface area contributed by atoms with Crippen LogP contribution in [0.1, 0.15) is 41.6 Å². The second kappa shape index (κ2) is 11.7. The zero-order valence-corrected chi connectivity index (χ0v) is 15.1. The predicted octanol–water partition coefficient (Wildman–Crippen LogP) is 3.92. The van der Waals surface area contributed by atoms with Crippen LogP contribution >= 0.6 is 0 Å². The van der Waals surface area contributed by atoms with Crippen molar-refractivity contribution in [3.8, 4) is 0 Å². The Bertz CT molecular complexity index is 540. The minimum absolute atomic E-state index is 0. The summed E-state index contributed by atoms with van der Waals surface area (Å²) in [4.78, 5) is 16.0. The lowest BCUT2D eigenvalue weighted by Gasteiger charge is -1.88. The van der Waals surface area contributed by atoms with Crippen LogP contribution in [0.15, 0.2) is 36.9 Å². The number of rotatable bonds is 0. The summed E-state index contributed by atoms with van der Waals surface area (Å²) < 4.78 is 0. The van der Waals surface area contributed by atoms with E-state index in [1.54, 1.807) is 12.4 Å². The fourth-order valence-corrected chi connectivity index (χ4v) is 1.38. The van der Waals surface area contributed by atoms with Crippen molar-refractivity contribution in [3.63, 3.8) is 0 Å². The monoisotopic (exact) mass is 340 g/mol. The first-order valence-corrected chi connectivity index (χ1v) is 7.64. The van der Waals surface area contributed by atoms with Crippen LogP contribution in [0.2, 0.25) is 0 Å². The Morgan fingerprint density at radius 3 is 1.20 bits per heavy atom. The van der Waals surface area contributed by atoms with Gasteiger partial charge in [0, 0.05) is 24.8 Å². The Hall–Kier alpha value is -2.76.